The van der Waals surface area contributed by atoms with E-state index in [1.165, 1.54) is 18.3 Å². The first kappa shape index (κ1) is 19.5. The minimum atomic E-state index is -4.00. The van der Waals surface area contributed by atoms with Crippen molar-refractivity contribution in [2.45, 2.75) is 31.8 Å². The molecule has 0 fully saturated rings. The van der Waals surface area contributed by atoms with Gasteiger partial charge >= 0.3 is 0 Å². The molecule has 2 rings (SSSR count). The number of sulfonamides is 1. The molecule has 2 amide bonds. The smallest absolute Gasteiger partial charge is 0.264 e. The average molecular weight is 380 g/mol. The Morgan fingerprint density at radius 3 is 2.46 bits per heavy atom. The van der Waals surface area contributed by atoms with Gasteiger partial charge in [-0.15, -0.1) is 5.10 Å². The molecule has 2 aromatic rings. The van der Waals surface area contributed by atoms with Crippen molar-refractivity contribution in [3.8, 4) is 0 Å². The first-order chi connectivity index (χ1) is 12.2. The van der Waals surface area contributed by atoms with Gasteiger partial charge in [0.25, 0.3) is 15.9 Å². The van der Waals surface area contributed by atoms with E-state index in [9.17, 15) is 18.0 Å². The Morgan fingerprint density at radius 2 is 1.88 bits per heavy atom. The van der Waals surface area contributed by atoms with E-state index in [1.807, 2.05) is 4.72 Å². The number of hydrogen-bond acceptors (Lipinski definition) is 7. The van der Waals surface area contributed by atoms with E-state index >= 15 is 0 Å². The molecule has 0 spiro atoms. The fourth-order valence-corrected chi connectivity index (χ4v) is 2.87. The lowest BCUT2D eigenvalue weighted by atomic mass is 10.2. The van der Waals surface area contributed by atoms with Crippen molar-refractivity contribution in [2.24, 2.45) is 11.7 Å². The van der Waals surface area contributed by atoms with E-state index in [0.717, 1.165) is 10.2 Å². The summed E-state index contributed by atoms with van der Waals surface area (Å²) in [5.74, 6) is -1.10. The van der Waals surface area contributed by atoms with Crippen molar-refractivity contribution in [1.29, 1.82) is 0 Å². The lowest BCUT2D eigenvalue weighted by Gasteiger charge is -2.07. The van der Waals surface area contributed by atoms with Gasteiger partial charge < -0.3 is 11.1 Å². The van der Waals surface area contributed by atoms with Crippen LogP contribution >= 0.6 is 0 Å². The minimum absolute atomic E-state index is 0.0495. The summed E-state index contributed by atoms with van der Waals surface area (Å²) in [5, 5.41) is 9.91. The molecule has 0 aliphatic carbocycles. The normalized spacial score (nSPS) is 11.4. The number of benzene rings is 1. The molecule has 0 unspecified atom stereocenters. The molecule has 10 nitrogen and oxygen atoms in total. The molecule has 4 N–H and O–H groups in total. The monoisotopic (exact) mass is 380 g/mol. The Labute approximate surface area is 150 Å². The number of anilines is 1. The summed E-state index contributed by atoms with van der Waals surface area (Å²) >= 11 is 0. The van der Waals surface area contributed by atoms with Gasteiger partial charge in [0.05, 0.1) is 11.1 Å². The first-order valence-corrected chi connectivity index (χ1v) is 9.25. The topological polar surface area (TPSA) is 149 Å². The third-order valence-electron chi connectivity index (χ3n) is 3.34. The summed E-state index contributed by atoms with van der Waals surface area (Å²) in [6.07, 6.45) is 1.34. The minimum Gasteiger partial charge on any atom is -0.326 e. The highest BCUT2D eigenvalue weighted by Gasteiger charge is 2.18. The van der Waals surface area contributed by atoms with Gasteiger partial charge in [-0.05, 0) is 17.7 Å². The molecule has 1 aromatic carbocycles. The predicted octanol–water partition coefficient (Wildman–Crippen LogP) is -0.164. The molecule has 0 bridgehead atoms. The third-order valence-corrected chi connectivity index (χ3v) is 4.73. The predicted molar refractivity (Wildman–Crippen MR) is 93.2 cm³/mol. The Balaban J connectivity index is 1.99. The molecule has 1 aromatic heterocycles. The molecule has 0 aliphatic heterocycles. The van der Waals surface area contributed by atoms with Gasteiger partial charge in [0, 0.05) is 12.5 Å². The number of carbonyl (C=O) groups excluding carboxylic acids is 2. The zero-order valence-corrected chi connectivity index (χ0v) is 15.2. The maximum Gasteiger partial charge on any atom is 0.264 e. The van der Waals surface area contributed by atoms with Crippen LogP contribution in [0.4, 0.5) is 5.82 Å². The summed E-state index contributed by atoms with van der Waals surface area (Å²) in [6, 6.07) is 5.87. The van der Waals surface area contributed by atoms with E-state index in [0.29, 0.717) is 0 Å². The van der Waals surface area contributed by atoms with Gasteiger partial charge in [-0.3, -0.25) is 9.59 Å². The number of nitrogens with one attached hydrogen (secondary N) is 2. The van der Waals surface area contributed by atoms with Crippen molar-refractivity contribution >= 4 is 27.7 Å². The zero-order chi connectivity index (χ0) is 19.3. The quantitative estimate of drug-likeness (QED) is 0.604. The van der Waals surface area contributed by atoms with E-state index in [1.54, 1.807) is 26.0 Å². The highest BCUT2D eigenvalue weighted by Crippen LogP contribution is 2.10. The Morgan fingerprint density at radius 1 is 1.23 bits per heavy atom. The summed E-state index contributed by atoms with van der Waals surface area (Å²) in [6.45, 7) is 3.36. The SMILES string of the molecule is CC(C)C(=O)Nc1cn(CC(=O)NS(=O)(=O)c2ccc(CN)cc2)nn1. The number of rotatable bonds is 7. The van der Waals surface area contributed by atoms with Crippen LogP contribution in [-0.2, 0) is 32.7 Å². The second-order valence-electron chi connectivity index (χ2n) is 5.82. The number of nitrogens with two attached hydrogens (primary N) is 1. The van der Waals surface area contributed by atoms with Crippen LogP contribution in [-0.4, -0.2) is 35.2 Å². The highest BCUT2D eigenvalue weighted by molar-refractivity contribution is 7.90. The van der Waals surface area contributed by atoms with Gasteiger partial charge in [0.15, 0.2) is 5.82 Å². The summed E-state index contributed by atoms with van der Waals surface area (Å²) in [4.78, 5) is 23.5. The largest absolute Gasteiger partial charge is 0.326 e. The molecule has 26 heavy (non-hydrogen) atoms. The number of carbonyl (C=O) groups is 2. The van der Waals surface area contributed by atoms with E-state index in [-0.39, 0.29) is 35.6 Å². The van der Waals surface area contributed by atoms with Crippen molar-refractivity contribution in [3.05, 3.63) is 36.0 Å². The maximum absolute atomic E-state index is 12.2. The molecular weight excluding hydrogens is 360 g/mol. The highest BCUT2D eigenvalue weighted by atomic mass is 32.2. The van der Waals surface area contributed by atoms with Crippen LogP contribution in [0.3, 0.4) is 0 Å². The van der Waals surface area contributed by atoms with Crippen LogP contribution in [0.5, 0.6) is 0 Å². The standard InChI is InChI=1S/C15H20N6O4S/c1-10(2)15(23)17-13-8-21(20-18-13)9-14(22)19-26(24,25)12-5-3-11(7-16)4-6-12/h3-6,8,10H,7,9,16H2,1-2H3,(H,17,23)(H,19,22). The second kappa shape index (κ2) is 8.06. The fraction of sp³-hybridized carbons (Fsp3) is 0.333. The first-order valence-electron chi connectivity index (χ1n) is 7.77. The number of nitrogens with zero attached hydrogens (tertiary/aromatic N) is 3. The Bertz CT molecular complexity index is 889. The van der Waals surface area contributed by atoms with Crippen molar-refractivity contribution in [3.63, 3.8) is 0 Å². The van der Waals surface area contributed by atoms with Gasteiger partial charge in [-0.25, -0.2) is 17.8 Å². The van der Waals surface area contributed by atoms with Crippen LogP contribution in [0.15, 0.2) is 35.4 Å². The lowest BCUT2D eigenvalue weighted by molar-refractivity contribution is -0.120. The van der Waals surface area contributed by atoms with Crippen LogP contribution in [0.25, 0.3) is 0 Å². The molecule has 0 atom stereocenters. The fourth-order valence-electron chi connectivity index (χ4n) is 1.90. The molecule has 1 heterocycles. The Kier molecular flexibility index (Phi) is 6.05. The van der Waals surface area contributed by atoms with Crippen LogP contribution < -0.4 is 15.8 Å². The van der Waals surface area contributed by atoms with E-state index < -0.39 is 15.9 Å². The molecular formula is C15H20N6O4S. The molecule has 11 heteroatoms. The van der Waals surface area contributed by atoms with Crippen molar-refractivity contribution < 1.29 is 18.0 Å². The molecule has 0 saturated carbocycles. The van der Waals surface area contributed by atoms with Crippen molar-refractivity contribution in [1.82, 2.24) is 19.7 Å². The molecule has 0 saturated heterocycles. The van der Waals surface area contributed by atoms with E-state index in [2.05, 4.69) is 15.6 Å². The molecule has 0 aliphatic rings. The summed E-state index contributed by atoms with van der Waals surface area (Å²) in [7, 11) is -4.00. The van der Waals surface area contributed by atoms with Gasteiger partial charge in [0.1, 0.15) is 6.54 Å². The summed E-state index contributed by atoms with van der Waals surface area (Å²) < 4.78 is 27.5. The average Bonchev–Trinajstić information content (AvgIpc) is 3.00. The molecule has 0 radical (unpaired) electrons. The maximum atomic E-state index is 12.2. The number of aromatic nitrogens is 3. The number of amides is 2. The van der Waals surface area contributed by atoms with Crippen LogP contribution in [0, 0.1) is 5.92 Å². The van der Waals surface area contributed by atoms with E-state index in [4.69, 9.17) is 5.73 Å². The number of hydrogen-bond donors (Lipinski definition) is 3. The molecule has 140 valence electrons. The Hall–Kier alpha value is -2.79. The zero-order valence-electron chi connectivity index (χ0n) is 14.3. The van der Waals surface area contributed by atoms with Gasteiger partial charge in [-0.1, -0.05) is 31.2 Å². The summed E-state index contributed by atoms with van der Waals surface area (Å²) in [5.41, 5.74) is 6.24. The van der Waals surface area contributed by atoms with Crippen LogP contribution in [0.1, 0.15) is 19.4 Å². The second-order valence-corrected chi connectivity index (χ2v) is 7.50. The van der Waals surface area contributed by atoms with Crippen LogP contribution in [0.2, 0.25) is 0 Å². The third kappa shape index (κ3) is 5.10. The van der Waals surface area contributed by atoms with Gasteiger partial charge in [-0.2, -0.15) is 0 Å². The lowest BCUT2D eigenvalue weighted by Crippen LogP contribution is -2.33. The van der Waals surface area contributed by atoms with Crippen molar-refractivity contribution in [2.75, 3.05) is 5.32 Å². The van der Waals surface area contributed by atoms with Gasteiger partial charge in [0.2, 0.25) is 5.91 Å².